The summed E-state index contributed by atoms with van der Waals surface area (Å²) in [7, 11) is 0. The van der Waals surface area contributed by atoms with Gasteiger partial charge in [0.15, 0.2) is 0 Å². The highest BCUT2D eigenvalue weighted by molar-refractivity contribution is 6.02. The summed E-state index contributed by atoms with van der Waals surface area (Å²) in [5.74, 6) is 1.74. The summed E-state index contributed by atoms with van der Waals surface area (Å²) >= 11 is 0. The molecule has 0 saturated heterocycles. The lowest BCUT2D eigenvalue weighted by Gasteiger charge is -2.30. The van der Waals surface area contributed by atoms with Crippen molar-refractivity contribution in [3.05, 3.63) is 54.1 Å². The Morgan fingerprint density at radius 3 is 2.77 bits per heavy atom. The normalized spacial score (nSPS) is 13.8. The van der Waals surface area contributed by atoms with E-state index in [9.17, 15) is 0 Å². The zero-order valence-corrected chi connectivity index (χ0v) is 13.0. The summed E-state index contributed by atoms with van der Waals surface area (Å²) in [6.07, 6.45) is 0.153. The van der Waals surface area contributed by atoms with E-state index in [0.717, 1.165) is 29.5 Å². The maximum atomic E-state index is 5.90. The van der Waals surface area contributed by atoms with Crippen LogP contribution in [0.3, 0.4) is 0 Å². The summed E-state index contributed by atoms with van der Waals surface area (Å²) < 4.78 is 5.79. The topological polar surface area (TPSA) is 50.8 Å². The predicted molar refractivity (Wildman–Crippen MR) is 91.0 cm³/mol. The fourth-order valence-electron chi connectivity index (χ4n) is 2.61. The number of aliphatic imine (C=N–C) groups is 1. The van der Waals surface area contributed by atoms with Gasteiger partial charge in [-0.3, -0.25) is 0 Å². The molecule has 4 heteroatoms. The maximum absolute atomic E-state index is 5.90. The number of para-hydroxylation sites is 1. The van der Waals surface area contributed by atoms with Crippen molar-refractivity contribution in [2.75, 3.05) is 11.4 Å². The third-order valence-electron chi connectivity index (χ3n) is 3.56. The van der Waals surface area contributed by atoms with Crippen LogP contribution in [0.5, 0.6) is 5.75 Å². The van der Waals surface area contributed by atoms with Gasteiger partial charge in [0, 0.05) is 11.8 Å². The number of benzene rings is 2. The summed E-state index contributed by atoms with van der Waals surface area (Å²) in [5.41, 5.74) is 9.17. The van der Waals surface area contributed by atoms with E-state index >= 15 is 0 Å². The van der Waals surface area contributed by atoms with Gasteiger partial charge < -0.3 is 15.4 Å². The number of rotatable bonds is 4. The van der Waals surface area contributed by atoms with Crippen molar-refractivity contribution in [1.82, 2.24) is 0 Å². The molecule has 0 amide bonds. The minimum atomic E-state index is 0.153. The molecule has 0 radical (unpaired) electrons. The molecule has 4 nitrogen and oxygen atoms in total. The summed E-state index contributed by atoms with van der Waals surface area (Å²) in [6.45, 7) is 5.23. The van der Waals surface area contributed by atoms with Crippen LogP contribution in [0, 0.1) is 0 Å². The predicted octanol–water partition coefficient (Wildman–Crippen LogP) is 3.48. The van der Waals surface area contributed by atoms with Gasteiger partial charge in [0.25, 0.3) is 0 Å². The lowest BCUT2D eigenvalue weighted by molar-refractivity contribution is 0.242. The van der Waals surface area contributed by atoms with Gasteiger partial charge in [0.1, 0.15) is 11.6 Å². The second kappa shape index (κ2) is 6.20. The molecular weight excluding hydrogens is 274 g/mol. The molecule has 2 aromatic carbocycles. The van der Waals surface area contributed by atoms with Crippen LogP contribution < -0.4 is 15.4 Å². The second-order valence-electron chi connectivity index (χ2n) is 5.61. The Hall–Kier alpha value is -2.33. The Balaban J connectivity index is 1.95. The fourth-order valence-corrected chi connectivity index (χ4v) is 2.61. The van der Waals surface area contributed by atoms with Crippen molar-refractivity contribution in [3.8, 4) is 5.75 Å². The standard InChI is InChI=1S/C18H21N3O/c1-13(2)22-16-8-5-7-15(10-16)21-12-14-6-3-4-9-17(14)20-18(21)11-19/h3-10,13H,11-12,19H2,1-2H3. The largest absolute Gasteiger partial charge is 0.491 e. The van der Waals surface area contributed by atoms with Gasteiger partial charge in [-0.15, -0.1) is 0 Å². The number of amidine groups is 1. The molecule has 0 saturated carbocycles. The first-order valence-corrected chi connectivity index (χ1v) is 7.57. The third kappa shape index (κ3) is 2.97. The van der Waals surface area contributed by atoms with Crippen molar-refractivity contribution in [2.45, 2.75) is 26.5 Å². The maximum Gasteiger partial charge on any atom is 0.123 e. The van der Waals surface area contributed by atoms with E-state index in [1.165, 1.54) is 5.56 Å². The van der Waals surface area contributed by atoms with Crippen LogP contribution in [0.15, 0.2) is 53.5 Å². The van der Waals surface area contributed by atoms with Gasteiger partial charge in [-0.2, -0.15) is 0 Å². The molecule has 1 aliphatic heterocycles. The summed E-state index contributed by atoms with van der Waals surface area (Å²) in [4.78, 5) is 6.84. The molecule has 0 bridgehead atoms. The molecule has 0 fully saturated rings. The molecular formula is C18H21N3O. The van der Waals surface area contributed by atoms with E-state index in [-0.39, 0.29) is 6.10 Å². The average molecular weight is 295 g/mol. The van der Waals surface area contributed by atoms with Crippen LogP contribution in [0.1, 0.15) is 19.4 Å². The van der Waals surface area contributed by atoms with Gasteiger partial charge in [-0.1, -0.05) is 24.3 Å². The number of nitrogens with zero attached hydrogens (tertiary/aromatic N) is 2. The second-order valence-corrected chi connectivity index (χ2v) is 5.61. The van der Waals surface area contributed by atoms with Crippen LogP contribution in [-0.2, 0) is 6.54 Å². The Morgan fingerprint density at radius 1 is 1.18 bits per heavy atom. The number of hydrogen-bond acceptors (Lipinski definition) is 4. The van der Waals surface area contributed by atoms with E-state index < -0.39 is 0 Å². The van der Waals surface area contributed by atoms with E-state index in [4.69, 9.17) is 10.5 Å². The van der Waals surface area contributed by atoms with E-state index in [1.54, 1.807) is 0 Å². The number of hydrogen-bond donors (Lipinski definition) is 1. The zero-order valence-electron chi connectivity index (χ0n) is 13.0. The molecule has 0 aliphatic carbocycles. The zero-order chi connectivity index (χ0) is 15.5. The Bertz CT molecular complexity index is 694. The van der Waals surface area contributed by atoms with Crippen LogP contribution >= 0.6 is 0 Å². The van der Waals surface area contributed by atoms with Crippen molar-refractivity contribution in [1.29, 1.82) is 0 Å². The number of nitrogens with two attached hydrogens (primary N) is 1. The van der Waals surface area contributed by atoms with Crippen LogP contribution in [0.2, 0.25) is 0 Å². The first kappa shape index (κ1) is 14.6. The number of fused-ring (bicyclic) bond motifs is 1. The van der Waals surface area contributed by atoms with Gasteiger partial charge in [-0.25, -0.2) is 4.99 Å². The Labute approximate surface area is 131 Å². The molecule has 0 aromatic heterocycles. The van der Waals surface area contributed by atoms with E-state index in [0.29, 0.717) is 6.54 Å². The lowest BCUT2D eigenvalue weighted by atomic mass is 10.1. The molecule has 114 valence electrons. The minimum Gasteiger partial charge on any atom is -0.491 e. The SMILES string of the molecule is CC(C)Oc1cccc(N2Cc3ccccc3N=C2CN)c1. The smallest absolute Gasteiger partial charge is 0.123 e. The third-order valence-corrected chi connectivity index (χ3v) is 3.56. The van der Waals surface area contributed by atoms with Gasteiger partial charge >= 0.3 is 0 Å². The highest BCUT2D eigenvalue weighted by Crippen LogP contribution is 2.30. The van der Waals surface area contributed by atoms with Crippen molar-refractivity contribution >= 4 is 17.2 Å². The van der Waals surface area contributed by atoms with E-state index in [1.807, 2.05) is 50.2 Å². The van der Waals surface area contributed by atoms with Gasteiger partial charge in [-0.05, 0) is 37.6 Å². The quantitative estimate of drug-likeness (QED) is 0.939. The highest BCUT2D eigenvalue weighted by atomic mass is 16.5. The molecule has 2 aromatic rings. The first-order chi connectivity index (χ1) is 10.7. The first-order valence-electron chi connectivity index (χ1n) is 7.57. The molecule has 0 unspecified atom stereocenters. The van der Waals surface area contributed by atoms with Crippen LogP contribution in [-0.4, -0.2) is 18.5 Å². The van der Waals surface area contributed by atoms with Crippen molar-refractivity contribution in [2.24, 2.45) is 10.7 Å². The van der Waals surface area contributed by atoms with Crippen LogP contribution in [0.4, 0.5) is 11.4 Å². The monoisotopic (exact) mass is 295 g/mol. The Morgan fingerprint density at radius 2 is 2.00 bits per heavy atom. The van der Waals surface area contributed by atoms with Gasteiger partial charge in [0.2, 0.25) is 0 Å². The molecule has 2 N–H and O–H groups in total. The molecule has 1 heterocycles. The lowest BCUT2D eigenvalue weighted by Crippen LogP contribution is -2.37. The molecule has 0 atom stereocenters. The van der Waals surface area contributed by atoms with Crippen molar-refractivity contribution < 1.29 is 4.74 Å². The summed E-state index contributed by atoms with van der Waals surface area (Å²) in [6, 6.07) is 16.3. The highest BCUT2D eigenvalue weighted by Gasteiger charge is 2.20. The molecule has 3 rings (SSSR count). The molecule has 1 aliphatic rings. The van der Waals surface area contributed by atoms with E-state index in [2.05, 4.69) is 22.0 Å². The van der Waals surface area contributed by atoms with Crippen LogP contribution in [0.25, 0.3) is 0 Å². The Kier molecular flexibility index (Phi) is 4.11. The fraction of sp³-hybridized carbons (Fsp3) is 0.278. The number of ether oxygens (including phenoxy) is 1. The van der Waals surface area contributed by atoms with Crippen molar-refractivity contribution in [3.63, 3.8) is 0 Å². The average Bonchev–Trinajstić information content (AvgIpc) is 2.53. The molecule has 0 spiro atoms. The van der Waals surface area contributed by atoms with Gasteiger partial charge in [0.05, 0.1) is 24.9 Å². The number of anilines is 1. The summed E-state index contributed by atoms with van der Waals surface area (Å²) in [5, 5.41) is 0. The molecule has 22 heavy (non-hydrogen) atoms. The minimum absolute atomic E-state index is 0.153.